The molecule has 4 rings (SSSR count). The molecule has 0 amide bonds. The summed E-state index contributed by atoms with van der Waals surface area (Å²) in [7, 11) is 1.65. The van der Waals surface area contributed by atoms with Crippen molar-refractivity contribution in [1.82, 2.24) is 0 Å². The maximum atomic E-state index is 13.6. The summed E-state index contributed by atoms with van der Waals surface area (Å²) in [5.74, 6) is 0.798. The largest absolute Gasteiger partial charge is 0.497 e. The molecule has 0 radical (unpaired) electrons. The molecule has 0 heterocycles. The summed E-state index contributed by atoms with van der Waals surface area (Å²) in [5.41, 5.74) is 6.07. The minimum Gasteiger partial charge on any atom is -0.497 e. The number of hydrogen-bond donors (Lipinski definition) is 1. The van der Waals surface area contributed by atoms with Gasteiger partial charge in [0.05, 0.1) is 7.11 Å². The maximum Gasteiger partial charge on any atom is 0.341 e. The van der Waals surface area contributed by atoms with Crippen LogP contribution >= 0.6 is 11.8 Å². The molecule has 0 saturated heterocycles. The van der Waals surface area contributed by atoms with Crippen LogP contribution in [0.15, 0.2) is 102 Å². The van der Waals surface area contributed by atoms with Crippen LogP contribution in [0.2, 0.25) is 0 Å². The van der Waals surface area contributed by atoms with Gasteiger partial charge >= 0.3 is 5.97 Å². The van der Waals surface area contributed by atoms with E-state index in [0.29, 0.717) is 11.5 Å². The van der Waals surface area contributed by atoms with E-state index in [1.165, 1.54) is 12.1 Å². The quantitative estimate of drug-likeness (QED) is 0.222. The predicted molar refractivity (Wildman–Crippen MR) is 147 cm³/mol. The number of methoxy groups -OCH3 is 1. The van der Waals surface area contributed by atoms with Gasteiger partial charge in [-0.3, -0.25) is 0 Å². The van der Waals surface area contributed by atoms with Gasteiger partial charge in [-0.05, 0) is 82.8 Å². The van der Waals surface area contributed by atoms with Gasteiger partial charge in [-0.2, -0.15) is 0 Å². The number of halogens is 1. The molecular formula is C31H27FO4S. The first-order valence-electron chi connectivity index (χ1n) is 11.7. The van der Waals surface area contributed by atoms with Crippen molar-refractivity contribution in [1.29, 1.82) is 0 Å². The molecule has 1 N–H and O–H groups in total. The van der Waals surface area contributed by atoms with Gasteiger partial charge in [0.15, 0.2) is 6.61 Å². The molecule has 0 spiro atoms. The number of hydrogen-bond acceptors (Lipinski definition) is 4. The third kappa shape index (κ3) is 7.02. The van der Waals surface area contributed by atoms with Crippen LogP contribution in [0.3, 0.4) is 0 Å². The SMILES string of the molecule is COc1ccc(-c2ccc(/C(=C\CSc3ccc(OCC(=O)O)c(C)c3)c3ccc(F)cc3)cc2)cc1. The molecule has 37 heavy (non-hydrogen) atoms. The van der Waals surface area contributed by atoms with Crippen molar-refractivity contribution in [2.24, 2.45) is 0 Å². The zero-order chi connectivity index (χ0) is 26.2. The van der Waals surface area contributed by atoms with Crippen molar-refractivity contribution in [3.8, 4) is 22.6 Å². The lowest BCUT2D eigenvalue weighted by molar-refractivity contribution is -0.139. The zero-order valence-corrected chi connectivity index (χ0v) is 21.4. The van der Waals surface area contributed by atoms with E-state index in [1.807, 2.05) is 43.3 Å². The number of carboxylic acids is 1. The fraction of sp³-hybridized carbons (Fsp3) is 0.129. The smallest absolute Gasteiger partial charge is 0.341 e. The molecule has 0 aliphatic carbocycles. The second-order valence-electron chi connectivity index (χ2n) is 8.35. The molecule has 0 fully saturated rings. The lowest BCUT2D eigenvalue weighted by Crippen LogP contribution is -2.09. The summed E-state index contributed by atoms with van der Waals surface area (Å²) < 4.78 is 24.2. The average molecular weight is 515 g/mol. The summed E-state index contributed by atoms with van der Waals surface area (Å²) in [5, 5.41) is 8.82. The Morgan fingerprint density at radius 3 is 2.05 bits per heavy atom. The summed E-state index contributed by atoms with van der Waals surface area (Å²) in [6, 6.07) is 28.5. The second-order valence-corrected chi connectivity index (χ2v) is 9.44. The molecule has 0 atom stereocenters. The van der Waals surface area contributed by atoms with Gasteiger partial charge in [0.2, 0.25) is 0 Å². The molecule has 6 heteroatoms. The van der Waals surface area contributed by atoms with Crippen LogP contribution in [-0.4, -0.2) is 30.5 Å². The van der Waals surface area contributed by atoms with E-state index in [-0.39, 0.29) is 12.4 Å². The fourth-order valence-corrected chi connectivity index (χ4v) is 4.76. The molecule has 0 unspecified atom stereocenters. The number of benzene rings is 4. The van der Waals surface area contributed by atoms with Crippen LogP contribution < -0.4 is 9.47 Å². The Kier molecular flexibility index (Phi) is 8.64. The van der Waals surface area contributed by atoms with Gasteiger partial charge in [-0.25, -0.2) is 9.18 Å². The highest BCUT2D eigenvalue weighted by Gasteiger charge is 2.08. The molecule has 0 aliphatic heterocycles. The van der Waals surface area contributed by atoms with Crippen molar-refractivity contribution in [3.05, 3.63) is 120 Å². The summed E-state index contributed by atoms with van der Waals surface area (Å²) in [6.45, 7) is 1.53. The van der Waals surface area contributed by atoms with E-state index < -0.39 is 5.97 Å². The molecule has 0 saturated carbocycles. The molecule has 0 bridgehead atoms. The second kappa shape index (κ2) is 12.3. The van der Waals surface area contributed by atoms with Crippen molar-refractivity contribution in [3.63, 3.8) is 0 Å². The van der Waals surface area contributed by atoms with Crippen molar-refractivity contribution in [2.45, 2.75) is 11.8 Å². The first-order chi connectivity index (χ1) is 17.9. The lowest BCUT2D eigenvalue weighted by Gasteiger charge is -2.11. The van der Waals surface area contributed by atoms with E-state index in [2.05, 4.69) is 30.3 Å². The monoisotopic (exact) mass is 514 g/mol. The Hall–Kier alpha value is -4.03. The van der Waals surface area contributed by atoms with E-state index >= 15 is 0 Å². The predicted octanol–water partition coefficient (Wildman–Crippen LogP) is 7.50. The molecular weight excluding hydrogens is 487 g/mol. The number of ether oxygens (including phenoxy) is 2. The normalized spacial score (nSPS) is 11.3. The van der Waals surface area contributed by atoms with E-state index in [1.54, 1.807) is 37.1 Å². The third-order valence-electron chi connectivity index (χ3n) is 5.81. The number of carboxylic acid groups (broad SMARTS) is 1. The van der Waals surface area contributed by atoms with Gasteiger partial charge in [-0.1, -0.05) is 54.6 Å². The minimum atomic E-state index is -1.01. The molecule has 4 nitrogen and oxygen atoms in total. The minimum absolute atomic E-state index is 0.270. The number of aliphatic carboxylic acids is 1. The fourth-order valence-electron chi connectivity index (χ4n) is 3.89. The number of thioether (sulfide) groups is 1. The van der Waals surface area contributed by atoms with Crippen molar-refractivity contribution < 1.29 is 23.8 Å². The average Bonchev–Trinajstić information content (AvgIpc) is 2.91. The number of carbonyl (C=O) groups is 1. The van der Waals surface area contributed by atoms with Gasteiger partial charge in [0, 0.05) is 10.6 Å². The standard InChI is InChI=1S/C31H27FO4S/c1-21-19-28(15-16-30(21)36-20-31(33)34)37-18-17-29(25-7-11-26(32)12-8-25)24-5-3-22(4-6-24)23-9-13-27(35-2)14-10-23/h3-17,19H,18,20H2,1-2H3,(H,33,34)/b29-17+. The Morgan fingerprint density at radius 2 is 1.49 bits per heavy atom. The Bertz CT molecular complexity index is 1380. The molecule has 188 valence electrons. The highest BCUT2D eigenvalue weighted by Crippen LogP contribution is 2.30. The summed E-state index contributed by atoms with van der Waals surface area (Å²) >= 11 is 1.66. The molecule has 0 aromatic heterocycles. The maximum absolute atomic E-state index is 13.6. The Labute approximate surface area is 220 Å². The van der Waals surface area contributed by atoms with Crippen LogP contribution in [0.4, 0.5) is 4.39 Å². The number of aryl methyl sites for hydroxylation is 1. The first kappa shape index (κ1) is 26.0. The Morgan fingerprint density at radius 1 is 0.892 bits per heavy atom. The van der Waals surface area contributed by atoms with Gasteiger partial charge in [0.1, 0.15) is 17.3 Å². The van der Waals surface area contributed by atoms with E-state index in [4.69, 9.17) is 14.6 Å². The highest BCUT2D eigenvalue weighted by molar-refractivity contribution is 7.99. The van der Waals surface area contributed by atoms with E-state index in [9.17, 15) is 9.18 Å². The van der Waals surface area contributed by atoms with Crippen LogP contribution in [0, 0.1) is 12.7 Å². The van der Waals surface area contributed by atoms with Gasteiger partial charge < -0.3 is 14.6 Å². The van der Waals surface area contributed by atoms with E-state index in [0.717, 1.165) is 44.0 Å². The lowest BCUT2D eigenvalue weighted by atomic mass is 9.95. The topological polar surface area (TPSA) is 55.8 Å². The first-order valence-corrected chi connectivity index (χ1v) is 12.7. The highest BCUT2D eigenvalue weighted by atomic mass is 32.2. The molecule has 4 aromatic rings. The Balaban J connectivity index is 1.54. The molecule has 4 aromatic carbocycles. The summed E-state index contributed by atoms with van der Waals surface area (Å²) in [6.07, 6.45) is 2.14. The van der Waals surface area contributed by atoms with Crippen LogP contribution in [0.5, 0.6) is 11.5 Å². The van der Waals surface area contributed by atoms with Crippen LogP contribution in [0.25, 0.3) is 16.7 Å². The van der Waals surface area contributed by atoms with Crippen molar-refractivity contribution in [2.75, 3.05) is 19.5 Å². The van der Waals surface area contributed by atoms with Crippen LogP contribution in [-0.2, 0) is 4.79 Å². The summed E-state index contributed by atoms with van der Waals surface area (Å²) in [4.78, 5) is 11.8. The zero-order valence-electron chi connectivity index (χ0n) is 20.6. The van der Waals surface area contributed by atoms with Gasteiger partial charge in [-0.15, -0.1) is 11.8 Å². The van der Waals surface area contributed by atoms with Gasteiger partial charge in [0.25, 0.3) is 0 Å². The van der Waals surface area contributed by atoms with Crippen LogP contribution in [0.1, 0.15) is 16.7 Å². The molecule has 0 aliphatic rings. The third-order valence-corrected chi connectivity index (χ3v) is 6.73. The number of rotatable bonds is 10. The van der Waals surface area contributed by atoms with Crippen molar-refractivity contribution >= 4 is 23.3 Å².